The first-order chi connectivity index (χ1) is 8.29. The Labute approximate surface area is 98.9 Å². The largest absolute Gasteiger partial charge is 0.405 e. The number of halogens is 3. The lowest BCUT2D eigenvalue weighted by Gasteiger charge is -2.09. The first-order valence-corrected chi connectivity index (χ1v) is 4.64. The standard InChI is InChI=1S/C9H8F3N3O3/c10-9(11,12)5-13-8(16)14-6-3-1-2-4-7(6)15(17)18/h1-4H,5H2,(H2,13,14,16). The minimum Gasteiger partial charge on any atom is -0.329 e. The lowest BCUT2D eigenvalue weighted by atomic mass is 10.3. The monoisotopic (exact) mass is 263 g/mol. The predicted molar refractivity (Wildman–Crippen MR) is 56.2 cm³/mol. The molecule has 0 aliphatic carbocycles. The van der Waals surface area contributed by atoms with Crippen molar-refractivity contribution in [2.45, 2.75) is 6.18 Å². The highest BCUT2D eigenvalue weighted by molar-refractivity contribution is 5.91. The van der Waals surface area contributed by atoms with Crippen LogP contribution in [0.4, 0.5) is 29.3 Å². The Balaban J connectivity index is 2.68. The van der Waals surface area contributed by atoms with Gasteiger partial charge in [0, 0.05) is 6.07 Å². The molecule has 6 nitrogen and oxygen atoms in total. The molecule has 2 N–H and O–H groups in total. The molecule has 0 radical (unpaired) electrons. The van der Waals surface area contributed by atoms with E-state index in [9.17, 15) is 28.1 Å². The molecule has 0 saturated heterocycles. The van der Waals surface area contributed by atoms with Crippen molar-refractivity contribution in [1.82, 2.24) is 5.32 Å². The van der Waals surface area contributed by atoms with E-state index in [2.05, 4.69) is 0 Å². The van der Waals surface area contributed by atoms with E-state index in [4.69, 9.17) is 0 Å². The number of para-hydroxylation sites is 2. The van der Waals surface area contributed by atoms with Gasteiger partial charge in [0.2, 0.25) is 0 Å². The molecule has 0 aliphatic heterocycles. The first kappa shape index (κ1) is 13.7. The van der Waals surface area contributed by atoms with Crippen LogP contribution >= 0.6 is 0 Å². The summed E-state index contributed by atoms with van der Waals surface area (Å²) in [5.41, 5.74) is -0.582. The van der Waals surface area contributed by atoms with Crippen LogP contribution in [0.15, 0.2) is 24.3 Å². The Morgan fingerprint density at radius 3 is 2.50 bits per heavy atom. The Morgan fingerprint density at radius 1 is 1.33 bits per heavy atom. The van der Waals surface area contributed by atoms with Gasteiger partial charge in [-0.1, -0.05) is 12.1 Å². The second kappa shape index (κ2) is 5.34. The zero-order chi connectivity index (χ0) is 13.8. The molecule has 0 aromatic heterocycles. The molecule has 9 heteroatoms. The molecule has 0 bridgehead atoms. The number of benzene rings is 1. The highest BCUT2D eigenvalue weighted by Crippen LogP contribution is 2.23. The van der Waals surface area contributed by atoms with Gasteiger partial charge in [-0.05, 0) is 6.07 Å². The third-order valence-electron chi connectivity index (χ3n) is 1.80. The number of alkyl halides is 3. The number of hydrogen-bond donors (Lipinski definition) is 2. The zero-order valence-electron chi connectivity index (χ0n) is 8.82. The number of nitro benzene ring substituents is 1. The van der Waals surface area contributed by atoms with Gasteiger partial charge in [0.05, 0.1) is 4.92 Å². The maximum atomic E-state index is 11.8. The van der Waals surface area contributed by atoms with Crippen LogP contribution in [0.1, 0.15) is 0 Å². The number of nitro groups is 1. The fraction of sp³-hybridized carbons (Fsp3) is 0.222. The molecular weight excluding hydrogens is 255 g/mol. The van der Waals surface area contributed by atoms with Crippen LogP contribution in [0.2, 0.25) is 0 Å². The summed E-state index contributed by atoms with van der Waals surface area (Å²) in [5.74, 6) is 0. The maximum Gasteiger partial charge on any atom is 0.405 e. The van der Waals surface area contributed by atoms with Crippen molar-refractivity contribution in [2.75, 3.05) is 11.9 Å². The smallest absolute Gasteiger partial charge is 0.329 e. The molecule has 0 heterocycles. The Hall–Kier alpha value is -2.32. The normalized spacial score (nSPS) is 10.8. The van der Waals surface area contributed by atoms with E-state index >= 15 is 0 Å². The summed E-state index contributed by atoms with van der Waals surface area (Å²) < 4.78 is 35.4. The molecule has 0 atom stereocenters. The molecule has 2 amide bonds. The summed E-state index contributed by atoms with van der Waals surface area (Å²) in [6.45, 7) is -1.51. The van der Waals surface area contributed by atoms with Crippen LogP contribution in [0.3, 0.4) is 0 Å². The van der Waals surface area contributed by atoms with Gasteiger partial charge in [-0.2, -0.15) is 13.2 Å². The lowest BCUT2D eigenvalue weighted by Crippen LogP contribution is -2.36. The van der Waals surface area contributed by atoms with Crippen molar-refractivity contribution >= 4 is 17.4 Å². The topological polar surface area (TPSA) is 84.3 Å². The Bertz CT molecular complexity index is 462. The molecule has 18 heavy (non-hydrogen) atoms. The summed E-state index contributed by atoms with van der Waals surface area (Å²) in [7, 11) is 0. The third-order valence-corrected chi connectivity index (χ3v) is 1.80. The number of carbonyl (C=O) groups excluding carboxylic acids is 1. The van der Waals surface area contributed by atoms with E-state index < -0.39 is 29.4 Å². The van der Waals surface area contributed by atoms with E-state index in [-0.39, 0.29) is 5.69 Å². The van der Waals surface area contributed by atoms with Crippen molar-refractivity contribution in [3.8, 4) is 0 Å². The fourth-order valence-corrected chi connectivity index (χ4v) is 1.09. The molecule has 0 saturated carbocycles. The summed E-state index contributed by atoms with van der Waals surface area (Å²) >= 11 is 0. The molecule has 1 rings (SSSR count). The van der Waals surface area contributed by atoms with Gasteiger partial charge in [-0.15, -0.1) is 0 Å². The van der Waals surface area contributed by atoms with Crippen molar-refractivity contribution in [2.24, 2.45) is 0 Å². The number of amides is 2. The van der Waals surface area contributed by atoms with E-state index in [1.165, 1.54) is 23.5 Å². The Morgan fingerprint density at radius 2 is 1.94 bits per heavy atom. The maximum absolute atomic E-state index is 11.8. The van der Waals surface area contributed by atoms with Crippen molar-refractivity contribution < 1.29 is 22.9 Å². The van der Waals surface area contributed by atoms with Crippen LogP contribution in [0.25, 0.3) is 0 Å². The van der Waals surface area contributed by atoms with Crippen LogP contribution < -0.4 is 10.6 Å². The molecule has 0 unspecified atom stereocenters. The van der Waals surface area contributed by atoms with Crippen molar-refractivity contribution in [3.05, 3.63) is 34.4 Å². The highest BCUT2D eigenvalue weighted by atomic mass is 19.4. The molecular formula is C9H8F3N3O3. The lowest BCUT2D eigenvalue weighted by molar-refractivity contribution is -0.383. The van der Waals surface area contributed by atoms with Crippen LogP contribution in [-0.2, 0) is 0 Å². The number of nitrogens with one attached hydrogen (secondary N) is 2. The number of carbonyl (C=O) groups is 1. The quantitative estimate of drug-likeness (QED) is 0.648. The molecule has 0 fully saturated rings. The highest BCUT2D eigenvalue weighted by Gasteiger charge is 2.28. The summed E-state index contributed by atoms with van der Waals surface area (Å²) in [5, 5.41) is 14.1. The van der Waals surface area contributed by atoms with Crippen LogP contribution in [0, 0.1) is 10.1 Å². The minimum absolute atomic E-state index is 0.179. The van der Waals surface area contributed by atoms with E-state index in [1.807, 2.05) is 5.32 Å². The summed E-state index contributed by atoms with van der Waals surface area (Å²) in [6.07, 6.45) is -4.54. The van der Waals surface area contributed by atoms with Gasteiger partial charge in [0.15, 0.2) is 0 Å². The number of urea groups is 1. The van der Waals surface area contributed by atoms with Gasteiger partial charge in [0.1, 0.15) is 12.2 Å². The van der Waals surface area contributed by atoms with Gasteiger partial charge in [-0.3, -0.25) is 10.1 Å². The zero-order valence-corrected chi connectivity index (χ0v) is 8.82. The van der Waals surface area contributed by atoms with E-state index in [1.54, 1.807) is 0 Å². The SMILES string of the molecule is O=C(NCC(F)(F)F)Nc1ccccc1[N+](=O)[O-]. The number of nitrogens with zero attached hydrogens (tertiary/aromatic N) is 1. The first-order valence-electron chi connectivity index (χ1n) is 4.64. The van der Waals surface area contributed by atoms with Gasteiger partial charge >= 0.3 is 12.2 Å². The average Bonchev–Trinajstić information content (AvgIpc) is 2.26. The van der Waals surface area contributed by atoms with Crippen LogP contribution in [-0.4, -0.2) is 23.7 Å². The van der Waals surface area contributed by atoms with Crippen molar-refractivity contribution in [1.29, 1.82) is 0 Å². The summed E-state index contributed by atoms with van der Waals surface area (Å²) in [6, 6.07) is 3.95. The van der Waals surface area contributed by atoms with Crippen molar-refractivity contribution in [3.63, 3.8) is 0 Å². The minimum atomic E-state index is -4.54. The van der Waals surface area contributed by atoms with Gasteiger partial charge < -0.3 is 10.6 Å². The third kappa shape index (κ3) is 4.28. The number of hydrogen-bond acceptors (Lipinski definition) is 3. The second-order valence-electron chi connectivity index (χ2n) is 3.20. The van der Waals surface area contributed by atoms with E-state index in [0.29, 0.717) is 0 Å². The van der Waals surface area contributed by atoms with Gasteiger partial charge in [0.25, 0.3) is 5.69 Å². The molecule has 98 valence electrons. The molecule has 1 aromatic rings. The van der Waals surface area contributed by atoms with Gasteiger partial charge in [-0.25, -0.2) is 4.79 Å². The predicted octanol–water partition coefficient (Wildman–Crippen LogP) is 2.28. The van der Waals surface area contributed by atoms with E-state index in [0.717, 1.165) is 6.07 Å². The summed E-state index contributed by atoms with van der Waals surface area (Å²) in [4.78, 5) is 20.9. The number of anilines is 1. The second-order valence-corrected chi connectivity index (χ2v) is 3.20. The Kier molecular flexibility index (Phi) is 4.08. The molecule has 0 spiro atoms. The molecule has 0 aliphatic rings. The number of rotatable bonds is 3. The van der Waals surface area contributed by atoms with Crippen LogP contribution in [0.5, 0.6) is 0 Å². The fourth-order valence-electron chi connectivity index (χ4n) is 1.09. The average molecular weight is 263 g/mol. The molecule has 1 aromatic carbocycles.